The molecule has 1 aromatic rings. The molecule has 1 amide bonds. The first kappa shape index (κ1) is 20.2. The molecule has 2 aliphatic carbocycles. The van der Waals surface area contributed by atoms with Gasteiger partial charge < -0.3 is 9.88 Å². The van der Waals surface area contributed by atoms with Gasteiger partial charge in [0.25, 0.3) is 5.56 Å². The fourth-order valence-electron chi connectivity index (χ4n) is 6.28. The lowest BCUT2D eigenvalue weighted by Crippen LogP contribution is -2.45. The number of amides is 1. The molecule has 1 saturated heterocycles. The zero-order valence-corrected chi connectivity index (χ0v) is 18.2. The minimum absolute atomic E-state index is 0.0251. The van der Waals surface area contributed by atoms with Crippen LogP contribution in [0, 0.1) is 5.92 Å². The third-order valence-electron chi connectivity index (χ3n) is 8.02. The van der Waals surface area contributed by atoms with Crippen molar-refractivity contribution in [1.29, 1.82) is 0 Å². The molecule has 0 radical (unpaired) electrons. The Morgan fingerprint density at radius 1 is 0.900 bits per heavy atom. The Kier molecular flexibility index (Phi) is 5.94. The Morgan fingerprint density at radius 3 is 2.43 bits per heavy atom. The minimum Gasteiger partial charge on any atom is -0.332 e. The highest BCUT2D eigenvalue weighted by Gasteiger charge is 2.36. The molecule has 4 aliphatic rings. The molecule has 0 aromatic carbocycles. The smallest absolute Gasteiger partial charge is 0.254 e. The zero-order chi connectivity index (χ0) is 20.5. The van der Waals surface area contributed by atoms with Crippen molar-refractivity contribution in [3.8, 4) is 0 Å². The predicted molar refractivity (Wildman–Crippen MR) is 116 cm³/mol. The molecule has 6 heteroatoms. The van der Waals surface area contributed by atoms with Gasteiger partial charge in [0.05, 0.1) is 11.7 Å². The van der Waals surface area contributed by atoms with E-state index in [-0.39, 0.29) is 17.5 Å². The van der Waals surface area contributed by atoms with Crippen molar-refractivity contribution in [3.63, 3.8) is 0 Å². The van der Waals surface area contributed by atoms with Crippen LogP contribution in [0.3, 0.4) is 0 Å². The first-order valence-electron chi connectivity index (χ1n) is 12.4. The number of nitrogens with zero attached hydrogens (tertiary/aromatic N) is 3. The SMILES string of the molecule is O=C(C1CCCC1)N1CCCCC1c1nc2c(c(=O)[nH]1)CCN(C1CCCCC1)C2. The summed E-state index contributed by atoms with van der Waals surface area (Å²) in [7, 11) is 0. The molecule has 5 rings (SSSR count). The number of aromatic amines is 1. The number of carbonyl (C=O) groups excluding carboxylic acids is 1. The molecule has 3 heterocycles. The molecular formula is C24H36N4O2. The van der Waals surface area contributed by atoms with E-state index in [9.17, 15) is 9.59 Å². The van der Waals surface area contributed by atoms with Gasteiger partial charge in [-0.1, -0.05) is 32.1 Å². The van der Waals surface area contributed by atoms with Crippen LogP contribution in [0.25, 0.3) is 0 Å². The third kappa shape index (κ3) is 3.95. The normalized spacial score (nSPS) is 26.7. The second kappa shape index (κ2) is 8.81. The second-order valence-corrected chi connectivity index (χ2v) is 9.91. The molecule has 1 aromatic heterocycles. The molecule has 1 atom stereocenters. The van der Waals surface area contributed by atoms with Crippen molar-refractivity contribution in [2.75, 3.05) is 13.1 Å². The minimum atomic E-state index is -0.0603. The summed E-state index contributed by atoms with van der Waals surface area (Å²) in [5.41, 5.74) is 1.86. The van der Waals surface area contributed by atoms with Crippen molar-refractivity contribution in [2.45, 2.75) is 102 Å². The summed E-state index contributed by atoms with van der Waals surface area (Å²) in [4.78, 5) is 38.8. The van der Waals surface area contributed by atoms with E-state index in [1.807, 2.05) is 4.90 Å². The maximum absolute atomic E-state index is 13.2. The Balaban J connectivity index is 1.39. The Morgan fingerprint density at radius 2 is 1.63 bits per heavy atom. The van der Waals surface area contributed by atoms with Crippen molar-refractivity contribution in [1.82, 2.24) is 19.8 Å². The highest BCUT2D eigenvalue weighted by Crippen LogP contribution is 2.35. The summed E-state index contributed by atoms with van der Waals surface area (Å²) in [5, 5.41) is 0. The van der Waals surface area contributed by atoms with Crippen LogP contribution >= 0.6 is 0 Å². The number of rotatable bonds is 3. The van der Waals surface area contributed by atoms with E-state index >= 15 is 0 Å². The summed E-state index contributed by atoms with van der Waals surface area (Å²) in [6.45, 7) is 2.56. The highest BCUT2D eigenvalue weighted by molar-refractivity contribution is 5.79. The van der Waals surface area contributed by atoms with Gasteiger partial charge >= 0.3 is 0 Å². The number of piperidine rings is 1. The summed E-state index contributed by atoms with van der Waals surface area (Å²) in [6, 6.07) is 0.585. The molecule has 30 heavy (non-hydrogen) atoms. The van der Waals surface area contributed by atoms with E-state index in [0.29, 0.717) is 11.9 Å². The van der Waals surface area contributed by atoms with Gasteiger partial charge in [-0.15, -0.1) is 0 Å². The van der Waals surface area contributed by atoms with E-state index < -0.39 is 0 Å². The first-order chi connectivity index (χ1) is 14.7. The highest BCUT2D eigenvalue weighted by atomic mass is 16.2. The van der Waals surface area contributed by atoms with Crippen molar-refractivity contribution in [2.24, 2.45) is 5.92 Å². The average molecular weight is 413 g/mol. The van der Waals surface area contributed by atoms with Crippen LogP contribution in [0.4, 0.5) is 0 Å². The number of hydrogen-bond acceptors (Lipinski definition) is 4. The van der Waals surface area contributed by atoms with Gasteiger partial charge in [0, 0.05) is 37.2 Å². The van der Waals surface area contributed by atoms with E-state index in [2.05, 4.69) is 9.88 Å². The van der Waals surface area contributed by atoms with Gasteiger partial charge in [-0.25, -0.2) is 4.98 Å². The van der Waals surface area contributed by atoms with Gasteiger partial charge in [-0.05, 0) is 51.4 Å². The van der Waals surface area contributed by atoms with Crippen molar-refractivity contribution < 1.29 is 4.79 Å². The van der Waals surface area contributed by atoms with E-state index in [0.717, 1.165) is 75.2 Å². The number of fused-ring (bicyclic) bond motifs is 1. The topological polar surface area (TPSA) is 69.3 Å². The lowest BCUT2D eigenvalue weighted by Gasteiger charge is -2.38. The molecule has 6 nitrogen and oxygen atoms in total. The van der Waals surface area contributed by atoms with Crippen LogP contribution in [0.15, 0.2) is 4.79 Å². The Hall–Kier alpha value is -1.69. The quantitative estimate of drug-likeness (QED) is 0.822. The van der Waals surface area contributed by atoms with E-state index in [4.69, 9.17) is 4.98 Å². The molecule has 2 aliphatic heterocycles. The van der Waals surface area contributed by atoms with Crippen LogP contribution in [-0.4, -0.2) is 44.8 Å². The fraction of sp³-hybridized carbons (Fsp3) is 0.792. The van der Waals surface area contributed by atoms with Crippen LogP contribution in [-0.2, 0) is 17.8 Å². The van der Waals surface area contributed by atoms with Gasteiger partial charge in [0.15, 0.2) is 0 Å². The number of hydrogen-bond donors (Lipinski definition) is 1. The van der Waals surface area contributed by atoms with Gasteiger partial charge in [0.2, 0.25) is 5.91 Å². The summed E-state index contributed by atoms with van der Waals surface area (Å²) >= 11 is 0. The number of carbonyl (C=O) groups is 1. The average Bonchev–Trinajstić information content (AvgIpc) is 3.34. The number of aromatic nitrogens is 2. The fourth-order valence-corrected chi connectivity index (χ4v) is 6.28. The number of nitrogens with one attached hydrogen (secondary N) is 1. The van der Waals surface area contributed by atoms with E-state index in [1.165, 1.54) is 44.9 Å². The molecule has 0 spiro atoms. The largest absolute Gasteiger partial charge is 0.332 e. The Bertz CT molecular complexity index is 823. The standard InChI is InChI=1S/C24H36N4O2/c29-23-19-13-15-27(18-10-2-1-3-11-18)16-20(19)25-22(26-23)21-12-6-7-14-28(21)24(30)17-8-4-5-9-17/h17-18,21H,1-16H2,(H,25,26,29). The maximum Gasteiger partial charge on any atom is 0.254 e. The lowest BCUT2D eigenvalue weighted by atomic mass is 9.92. The van der Waals surface area contributed by atoms with Crippen LogP contribution < -0.4 is 5.56 Å². The van der Waals surface area contributed by atoms with E-state index in [1.54, 1.807) is 0 Å². The zero-order valence-electron chi connectivity index (χ0n) is 18.2. The van der Waals surface area contributed by atoms with Gasteiger partial charge in [-0.3, -0.25) is 14.5 Å². The molecular weight excluding hydrogens is 376 g/mol. The van der Waals surface area contributed by atoms with Crippen molar-refractivity contribution in [3.05, 3.63) is 27.4 Å². The van der Waals surface area contributed by atoms with Crippen molar-refractivity contribution >= 4 is 5.91 Å². The van der Waals surface area contributed by atoms with Gasteiger partial charge in [-0.2, -0.15) is 0 Å². The number of H-pyrrole nitrogens is 1. The lowest BCUT2D eigenvalue weighted by molar-refractivity contribution is -0.139. The third-order valence-corrected chi connectivity index (χ3v) is 8.02. The van der Waals surface area contributed by atoms with Crippen LogP contribution in [0.2, 0.25) is 0 Å². The predicted octanol–water partition coefficient (Wildman–Crippen LogP) is 3.70. The van der Waals surface area contributed by atoms with Crippen LogP contribution in [0.1, 0.15) is 100 Å². The Labute approximate surface area is 179 Å². The number of likely N-dealkylation sites (tertiary alicyclic amines) is 1. The molecule has 1 unspecified atom stereocenters. The molecule has 0 bridgehead atoms. The maximum atomic E-state index is 13.2. The molecule has 3 fully saturated rings. The summed E-state index contributed by atoms with van der Waals surface area (Å²) < 4.78 is 0. The summed E-state index contributed by atoms with van der Waals surface area (Å²) in [5.74, 6) is 1.20. The molecule has 2 saturated carbocycles. The van der Waals surface area contributed by atoms with Gasteiger partial charge in [0.1, 0.15) is 5.82 Å². The molecule has 164 valence electrons. The monoisotopic (exact) mass is 412 g/mol. The van der Waals surface area contributed by atoms with Crippen LogP contribution in [0.5, 0.6) is 0 Å². The molecule has 1 N–H and O–H groups in total. The second-order valence-electron chi connectivity index (χ2n) is 9.91. The first-order valence-corrected chi connectivity index (χ1v) is 12.4. The summed E-state index contributed by atoms with van der Waals surface area (Å²) in [6.07, 6.45) is 14.8.